The summed E-state index contributed by atoms with van der Waals surface area (Å²) in [6.07, 6.45) is 1.34. The number of aromatic nitrogens is 1. The van der Waals surface area contributed by atoms with Crippen LogP contribution in [0.25, 0.3) is 10.6 Å². The molecule has 1 amide bonds. The van der Waals surface area contributed by atoms with Gasteiger partial charge in [0.25, 0.3) is 0 Å². The molecule has 1 aromatic carbocycles. The monoisotopic (exact) mass is 333 g/mol. The quantitative estimate of drug-likeness (QED) is 0.922. The number of hydrogen-bond donors (Lipinski definition) is 1. The van der Waals surface area contributed by atoms with Crippen LogP contribution in [-0.2, 0) is 11.3 Å². The maximum Gasteiger partial charge on any atom is 0.407 e. The van der Waals surface area contributed by atoms with E-state index in [0.717, 1.165) is 21.1 Å². The van der Waals surface area contributed by atoms with E-state index in [1.807, 2.05) is 47.0 Å². The van der Waals surface area contributed by atoms with Crippen molar-refractivity contribution in [2.24, 2.45) is 0 Å². The van der Waals surface area contributed by atoms with Crippen LogP contribution in [0.15, 0.2) is 30.5 Å². The molecule has 0 bridgehead atoms. The first kappa shape index (κ1) is 17.3. The average molecular weight is 333 g/mol. The number of anilines is 1. The highest BCUT2D eigenvalue weighted by Crippen LogP contribution is 2.27. The molecule has 23 heavy (non-hydrogen) atoms. The van der Waals surface area contributed by atoms with Gasteiger partial charge in [0.15, 0.2) is 0 Å². The highest BCUT2D eigenvalue weighted by atomic mass is 32.1. The maximum absolute atomic E-state index is 11.7. The molecule has 0 spiro atoms. The summed E-state index contributed by atoms with van der Waals surface area (Å²) in [7, 11) is 4.02. The SMILES string of the molecule is CN(C)c1ccc(-c2ncc(COC(=O)NC(C)(C)C)s2)cc1. The second kappa shape index (κ2) is 7.00. The van der Waals surface area contributed by atoms with Crippen LogP contribution in [0.5, 0.6) is 0 Å². The summed E-state index contributed by atoms with van der Waals surface area (Å²) in [5, 5.41) is 3.68. The molecule has 1 heterocycles. The molecule has 2 aromatic rings. The van der Waals surface area contributed by atoms with Gasteiger partial charge in [0, 0.05) is 37.1 Å². The number of amides is 1. The number of thiazole rings is 1. The molecule has 0 radical (unpaired) electrons. The van der Waals surface area contributed by atoms with Crippen LogP contribution in [0.3, 0.4) is 0 Å². The van der Waals surface area contributed by atoms with Crippen LogP contribution >= 0.6 is 11.3 Å². The Balaban J connectivity index is 1.96. The lowest BCUT2D eigenvalue weighted by Gasteiger charge is -2.19. The molecular weight excluding hydrogens is 310 g/mol. The second-order valence-electron chi connectivity index (χ2n) is 6.52. The Hall–Kier alpha value is -2.08. The third-order valence-electron chi connectivity index (χ3n) is 3.01. The number of rotatable bonds is 4. The summed E-state index contributed by atoms with van der Waals surface area (Å²) in [4.78, 5) is 19.0. The lowest BCUT2D eigenvalue weighted by Crippen LogP contribution is -2.40. The third kappa shape index (κ3) is 5.25. The molecule has 1 N–H and O–H groups in total. The molecule has 0 saturated heterocycles. The molecule has 0 saturated carbocycles. The Morgan fingerprint density at radius 2 is 1.91 bits per heavy atom. The number of alkyl carbamates (subject to hydrolysis) is 1. The Labute approximate surface area is 141 Å². The summed E-state index contributed by atoms with van der Waals surface area (Å²) in [6.45, 7) is 5.97. The lowest BCUT2D eigenvalue weighted by atomic mass is 10.1. The maximum atomic E-state index is 11.7. The normalized spacial score (nSPS) is 11.2. The Bertz CT molecular complexity index is 657. The summed E-state index contributed by atoms with van der Waals surface area (Å²) in [5.41, 5.74) is 1.91. The van der Waals surface area contributed by atoms with Crippen LogP contribution in [-0.4, -0.2) is 30.7 Å². The minimum absolute atomic E-state index is 0.232. The molecular formula is C17H23N3O2S. The molecule has 124 valence electrons. The van der Waals surface area contributed by atoms with Gasteiger partial charge in [-0.1, -0.05) is 0 Å². The van der Waals surface area contributed by atoms with E-state index >= 15 is 0 Å². The van der Waals surface area contributed by atoms with Crippen LogP contribution in [0, 0.1) is 0 Å². The fourth-order valence-electron chi connectivity index (χ4n) is 1.89. The van der Waals surface area contributed by atoms with Gasteiger partial charge in [-0.25, -0.2) is 9.78 Å². The minimum atomic E-state index is -0.414. The first-order chi connectivity index (χ1) is 10.7. The van der Waals surface area contributed by atoms with Gasteiger partial charge in [-0.3, -0.25) is 0 Å². The molecule has 0 aliphatic carbocycles. The standard InChI is InChI=1S/C17H23N3O2S/c1-17(2,3)19-16(21)22-11-14-10-18-15(23-14)12-6-8-13(9-7-12)20(4)5/h6-10H,11H2,1-5H3,(H,19,21). The number of carbonyl (C=O) groups excluding carboxylic acids is 1. The van der Waals surface area contributed by atoms with E-state index in [1.54, 1.807) is 6.20 Å². The molecule has 6 heteroatoms. The zero-order valence-electron chi connectivity index (χ0n) is 14.2. The Morgan fingerprint density at radius 3 is 2.48 bits per heavy atom. The Morgan fingerprint density at radius 1 is 1.26 bits per heavy atom. The summed E-state index contributed by atoms with van der Waals surface area (Å²) in [6, 6.07) is 8.21. The van der Waals surface area contributed by atoms with Crippen LogP contribution in [0.1, 0.15) is 25.6 Å². The predicted octanol–water partition coefficient (Wildman–Crippen LogP) is 3.90. The third-order valence-corrected chi connectivity index (χ3v) is 4.03. The minimum Gasteiger partial charge on any atom is -0.444 e. The Kier molecular flexibility index (Phi) is 5.26. The van der Waals surface area contributed by atoms with E-state index < -0.39 is 6.09 Å². The van der Waals surface area contributed by atoms with Crippen LogP contribution in [0.2, 0.25) is 0 Å². The fraction of sp³-hybridized carbons (Fsp3) is 0.412. The highest BCUT2D eigenvalue weighted by molar-refractivity contribution is 7.15. The van der Waals surface area contributed by atoms with Crippen molar-refractivity contribution in [3.05, 3.63) is 35.3 Å². The first-order valence-electron chi connectivity index (χ1n) is 7.42. The number of ether oxygens (including phenoxy) is 1. The van der Waals surface area contributed by atoms with Gasteiger partial charge in [-0.2, -0.15) is 0 Å². The number of carbonyl (C=O) groups is 1. The molecule has 0 unspecified atom stereocenters. The molecule has 0 aliphatic rings. The van der Waals surface area contributed by atoms with Gasteiger partial charge >= 0.3 is 6.09 Å². The van der Waals surface area contributed by atoms with E-state index in [-0.39, 0.29) is 12.1 Å². The van der Waals surface area contributed by atoms with Crippen molar-refractivity contribution >= 4 is 23.1 Å². The van der Waals surface area contributed by atoms with E-state index in [0.29, 0.717) is 0 Å². The van der Waals surface area contributed by atoms with Gasteiger partial charge in [0.1, 0.15) is 11.6 Å². The van der Waals surface area contributed by atoms with Crippen molar-refractivity contribution in [2.45, 2.75) is 32.9 Å². The molecule has 0 aliphatic heterocycles. The predicted molar refractivity (Wildman–Crippen MR) is 95.0 cm³/mol. The topological polar surface area (TPSA) is 54.5 Å². The van der Waals surface area contributed by atoms with Crippen molar-refractivity contribution < 1.29 is 9.53 Å². The zero-order chi connectivity index (χ0) is 17.0. The molecule has 0 atom stereocenters. The van der Waals surface area contributed by atoms with Crippen LogP contribution in [0.4, 0.5) is 10.5 Å². The summed E-state index contributed by atoms with van der Waals surface area (Å²) < 4.78 is 5.22. The smallest absolute Gasteiger partial charge is 0.407 e. The van der Waals surface area contributed by atoms with Crippen molar-refractivity contribution in [2.75, 3.05) is 19.0 Å². The van der Waals surface area contributed by atoms with Crippen molar-refractivity contribution in [1.82, 2.24) is 10.3 Å². The highest BCUT2D eigenvalue weighted by Gasteiger charge is 2.15. The van der Waals surface area contributed by atoms with Crippen molar-refractivity contribution in [1.29, 1.82) is 0 Å². The molecule has 5 nitrogen and oxygen atoms in total. The number of nitrogens with one attached hydrogen (secondary N) is 1. The first-order valence-corrected chi connectivity index (χ1v) is 8.24. The number of hydrogen-bond acceptors (Lipinski definition) is 5. The molecule has 2 rings (SSSR count). The van der Waals surface area contributed by atoms with Crippen molar-refractivity contribution in [3.63, 3.8) is 0 Å². The number of nitrogens with zero attached hydrogens (tertiary/aromatic N) is 2. The summed E-state index contributed by atoms with van der Waals surface area (Å²) >= 11 is 1.53. The molecule has 1 aromatic heterocycles. The van der Waals surface area contributed by atoms with Gasteiger partial charge < -0.3 is 15.0 Å². The number of benzene rings is 1. The molecule has 0 fully saturated rings. The van der Waals surface area contributed by atoms with Gasteiger partial charge in [0.05, 0.1) is 4.88 Å². The zero-order valence-corrected chi connectivity index (χ0v) is 15.0. The lowest BCUT2D eigenvalue weighted by molar-refractivity contribution is 0.132. The van der Waals surface area contributed by atoms with Crippen molar-refractivity contribution in [3.8, 4) is 10.6 Å². The second-order valence-corrected chi connectivity index (χ2v) is 7.64. The van der Waals surface area contributed by atoms with Crippen LogP contribution < -0.4 is 10.2 Å². The van der Waals surface area contributed by atoms with Gasteiger partial charge in [0.2, 0.25) is 0 Å². The van der Waals surface area contributed by atoms with E-state index in [2.05, 4.69) is 27.3 Å². The van der Waals surface area contributed by atoms with Gasteiger partial charge in [-0.05, 0) is 45.0 Å². The van der Waals surface area contributed by atoms with E-state index in [1.165, 1.54) is 11.3 Å². The average Bonchev–Trinajstić information content (AvgIpc) is 2.92. The largest absolute Gasteiger partial charge is 0.444 e. The van der Waals surface area contributed by atoms with E-state index in [4.69, 9.17) is 4.74 Å². The van der Waals surface area contributed by atoms with E-state index in [9.17, 15) is 4.79 Å². The fourth-order valence-corrected chi connectivity index (χ4v) is 2.72. The van der Waals surface area contributed by atoms with Gasteiger partial charge in [-0.15, -0.1) is 11.3 Å². The summed E-state index contributed by atoms with van der Waals surface area (Å²) in [5.74, 6) is 0.